The number of halogens is 1. The Hall–Kier alpha value is -0.830. The van der Waals surface area contributed by atoms with Crippen LogP contribution in [0.15, 0.2) is 28.7 Å². The van der Waals surface area contributed by atoms with Gasteiger partial charge in [0.15, 0.2) is 0 Å². The summed E-state index contributed by atoms with van der Waals surface area (Å²) in [5.41, 5.74) is 1.24. The smallest absolute Gasteiger partial charge is 0.223 e. The zero-order chi connectivity index (χ0) is 13.0. The van der Waals surface area contributed by atoms with E-state index >= 15 is 0 Å². The van der Waals surface area contributed by atoms with E-state index in [9.17, 15) is 4.79 Å². The van der Waals surface area contributed by atoms with Gasteiger partial charge in [-0.3, -0.25) is 4.79 Å². The summed E-state index contributed by atoms with van der Waals surface area (Å²) in [6.07, 6.45) is 4.23. The topological polar surface area (TPSA) is 20.3 Å². The first-order valence-electron chi connectivity index (χ1n) is 6.70. The number of benzene rings is 1. The van der Waals surface area contributed by atoms with Gasteiger partial charge >= 0.3 is 0 Å². The van der Waals surface area contributed by atoms with Gasteiger partial charge < -0.3 is 4.90 Å². The molecule has 1 aliphatic heterocycles. The van der Waals surface area contributed by atoms with Crippen LogP contribution in [0.4, 0.5) is 0 Å². The second-order valence-corrected chi connectivity index (χ2v) is 6.01. The summed E-state index contributed by atoms with van der Waals surface area (Å²) in [5, 5.41) is 0. The minimum atomic E-state index is 0.299. The fourth-order valence-corrected chi connectivity index (χ4v) is 2.71. The standard InChI is InChI=1S/C15H20BrNO/c1-12(13-5-7-14(16)8-6-13)11-15(18)17-9-3-2-4-10-17/h5-8,12H,2-4,9-11H2,1H3. The number of hydrogen-bond donors (Lipinski definition) is 0. The Morgan fingerprint density at radius 1 is 1.22 bits per heavy atom. The van der Waals surface area contributed by atoms with Crippen LogP contribution in [-0.4, -0.2) is 23.9 Å². The molecule has 18 heavy (non-hydrogen) atoms. The zero-order valence-electron chi connectivity index (χ0n) is 10.9. The fourth-order valence-electron chi connectivity index (χ4n) is 2.44. The maximum Gasteiger partial charge on any atom is 0.223 e. The van der Waals surface area contributed by atoms with Gasteiger partial charge in [0.25, 0.3) is 0 Å². The van der Waals surface area contributed by atoms with Crippen molar-refractivity contribution in [3.63, 3.8) is 0 Å². The minimum Gasteiger partial charge on any atom is -0.343 e. The third-order valence-corrected chi connectivity index (χ3v) is 4.16. The molecule has 1 unspecified atom stereocenters. The van der Waals surface area contributed by atoms with Crippen LogP contribution in [0.5, 0.6) is 0 Å². The second kappa shape index (κ2) is 6.37. The molecule has 1 saturated heterocycles. The molecule has 1 aromatic carbocycles. The van der Waals surface area contributed by atoms with Gasteiger partial charge in [-0.05, 0) is 42.9 Å². The lowest BCUT2D eigenvalue weighted by Gasteiger charge is -2.28. The maximum absolute atomic E-state index is 12.2. The molecule has 0 saturated carbocycles. The second-order valence-electron chi connectivity index (χ2n) is 5.10. The van der Waals surface area contributed by atoms with Gasteiger partial charge in [0, 0.05) is 24.0 Å². The summed E-state index contributed by atoms with van der Waals surface area (Å²) in [7, 11) is 0. The molecule has 2 rings (SSSR count). The zero-order valence-corrected chi connectivity index (χ0v) is 12.4. The summed E-state index contributed by atoms with van der Waals surface area (Å²) in [4.78, 5) is 14.2. The summed E-state index contributed by atoms with van der Waals surface area (Å²) >= 11 is 3.43. The van der Waals surface area contributed by atoms with E-state index in [1.54, 1.807) is 0 Å². The van der Waals surface area contributed by atoms with Crippen LogP contribution >= 0.6 is 15.9 Å². The number of amides is 1. The van der Waals surface area contributed by atoms with Crippen LogP contribution < -0.4 is 0 Å². The van der Waals surface area contributed by atoms with Gasteiger partial charge in [0.05, 0.1) is 0 Å². The van der Waals surface area contributed by atoms with E-state index in [-0.39, 0.29) is 0 Å². The minimum absolute atomic E-state index is 0.299. The van der Waals surface area contributed by atoms with E-state index in [0.717, 1.165) is 17.6 Å². The number of rotatable bonds is 3. The monoisotopic (exact) mass is 309 g/mol. The largest absolute Gasteiger partial charge is 0.343 e. The number of carbonyl (C=O) groups excluding carboxylic acids is 1. The third kappa shape index (κ3) is 3.58. The molecular weight excluding hydrogens is 290 g/mol. The Bertz CT molecular complexity index is 395. The van der Waals surface area contributed by atoms with Crippen LogP contribution in [0.1, 0.15) is 44.1 Å². The van der Waals surface area contributed by atoms with E-state index in [1.807, 2.05) is 17.0 Å². The number of hydrogen-bond acceptors (Lipinski definition) is 1. The van der Waals surface area contributed by atoms with Crippen LogP contribution in [0, 0.1) is 0 Å². The van der Waals surface area contributed by atoms with E-state index in [2.05, 4.69) is 35.0 Å². The van der Waals surface area contributed by atoms with Crippen molar-refractivity contribution in [3.05, 3.63) is 34.3 Å². The number of carbonyl (C=O) groups is 1. The van der Waals surface area contributed by atoms with Crippen molar-refractivity contribution in [2.24, 2.45) is 0 Å². The molecule has 0 bridgehead atoms. The molecule has 0 spiro atoms. The highest BCUT2D eigenvalue weighted by Gasteiger charge is 2.19. The molecule has 1 amide bonds. The normalized spacial score (nSPS) is 17.6. The number of nitrogens with zero attached hydrogens (tertiary/aromatic N) is 1. The van der Waals surface area contributed by atoms with Crippen molar-refractivity contribution in [2.75, 3.05) is 13.1 Å². The van der Waals surface area contributed by atoms with Crippen molar-refractivity contribution in [1.82, 2.24) is 4.90 Å². The van der Waals surface area contributed by atoms with Crippen molar-refractivity contribution >= 4 is 21.8 Å². The Kier molecular flexibility index (Phi) is 4.81. The molecule has 0 N–H and O–H groups in total. The summed E-state index contributed by atoms with van der Waals surface area (Å²) < 4.78 is 1.08. The van der Waals surface area contributed by atoms with Crippen LogP contribution in [0.25, 0.3) is 0 Å². The molecule has 1 fully saturated rings. The lowest BCUT2D eigenvalue weighted by Crippen LogP contribution is -2.36. The first-order valence-corrected chi connectivity index (χ1v) is 7.49. The molecule has 2 nitrogen and oxygen atoms in total. The quantitative estimate of drug-likeness (QED) is 0.827. The van der Waals surface area contributed by atoms with Gasteiger partial charge in [0.1, 0.15) is 0 Å². The molecular formula is C15H20BrNO. The van der Waals surface area contributed by atoms with Gasteiger partial charge in [-0.15, -0.1) is 0 Å². The van der Waals surface area contributed by atoms with Gasteiger partial charge in [-0.25, -0.2) is 0 Å². The SMILES string of the molecule is CC(CC(=O)N1CCCCC1)c1ccc(Br)cc1. The first-order chi connectivity index (χ1) is 8.66. The van der Waals surface area contributed by atoms with Crippen LogP contribution in [0.3, 0.4) is 0 Å². The van der Waals surface area contributed by atoms with Crippen LogP contribution in [-0.2, 0) is 4.79 Å². The van der Waals surface area contributed by atoms with E-state index < -0.39 is 0 Å². The average Bonchev–Trinajstić information content (AvgIpc) is 2.40. The Balaban J connectivity index is 1.91. The van der Waals surface area contributed by atoms with E-state index in [0.29, 0.717) is 18.2 Å². The maximum atomic E-state index is 12.2. The summed E-state index contributed by atoms with van der Waals surface area (Å²) in [5.74, 6) is 0.609. The number of likely N-dealkylation sites (tertiary alicyclic amines) is 1. The lowest BCUT2D eigenvalue weighted by atomic mass is 9.97. The highest BCUT2D eigenvalue weighted by Crippen LogP contribution is 2.23. The highest BCUT2D eigenvalue weighted by atomic mass is 79.9. The molecule has 1 aromatic rings. The third-order valence-electron chi connectivity index (χ3n) is 3.63. The van der Waals surface area contributed by atoms with Gasteiger partial charge in [-0.2, -0.15) is 0 Å². The molecule has 1 heterocycles. The molecule has 1 aliphatic rings. The first kappa shape index (κ1) is 13.6. The molecule has 3 heteroatoms. The van der Waals surface area contributed by atoms with Crippen molar-refractivity contribution in [2.45, 2.75) is 38.5 Å². The summed E-state index contributed by atoms with van der Waals surface area (Å²) in [6, 6.07) is 8.27. The molecule has 98 valence electrons. The van der Waals surface area contributed by atoms with Crippen molar-refractivity contribution in [3.8, 4) is 0 Å². The predicted molar refractivity (Wildman–Crippen MR) is 77.6 cm³/mol. The van der Waals surface area contributed by atoms with E-state index in [4.69, 9.17) is 0 Å². The molecule has 0 aromatic heterocycles. The van der Waals surface area contributed by atoms with Gasteiger partial charge in [-0.1, -0.05) is 35.0 Å². The Labute approximate surface area is 117 Å². The predicted octanol–water partition coefficient (Wildman–Crippen LogP) is 3.96. The van der Waals surface area contributed by atoms with E-state index in [1.165, 1.54) is 24.8 Å². The van der Waals surface area contributed by atoms with Gasteiger partial charge in [0.2, 0.25) is 5.91 Å². The number of piperidine rings is 1. The molecule has 1 atom stereocenters. The molecule has 0 aliphatic carbocycles. The van der Waals surface area contributed by atoms with Crippen molar-refractivity contribution in [1.29, 1.82) is 0 Å². The van der Waals surface area contributed by atoms with Crippen LogP contribution in [0.2, 0.25) is 0 Å². The lowest BCUT2D eigenvalue weighted by molar-refractivity contribution is -0.132. The highest BCUT2D eigenvalue weighted by molar-refractivity contribution is 9.10. The Morgan fingerprint density at radius 3 is 2.44 bits per heavy atom. The van der Waals surface area contributed by atoms with Crippen molar-refractivity contribution < 1.29 is 4.79 Å². The summed E-state index contributed by atoms with van der Waals surface area (Å²) in [6.45, 7) is 4.03. The Morgan fingerprint density at radius 2 is 1.83 bits per heavy atom. The molecule has 0 radical (unpaired) electrons. The fraction of sp³-hybridized carbons (Fsp3) is 0.533. The average molecular weight is 310 g/mol.